The molecule has 0 aliphatic carbocycles. The molecule has 144 valence electrons. The molecule has 6 nitrogen and oxygen atoms in total. The van der Waals surface area contributed by atoms with Crippen molar-refractivity contribution < 1.29 is 9.59 Å². The number of rotatable bonds is 6. The Hall–Kier alpha value is -2.25. The van der Waals surface area contributed by atoms with Crippen LogP contribution in [0, 0.1) is 6.92 Å². The number of hydrogen-bond donors (Lipinski definition) is 1. The van der Waals surface area contributed by atoms with Crippen molar-refractivity contribution in [3.8, 4) is 11.3 Å². The molecule has 1 aliphatic rings. The summed E-state index contributed by atoms with van der Waals surface area (Å²) in [6.07, 6.45) is 0.843. The quantitative estimate of drug-likeness (QED) is 0.828. The molecule has 2 amide bonds. The molecule has 0 unspecified atom stereocenters. The van der Waals surface area contributed by atoms with Gasteiger partial charge in [0.1, 0.15) is 0 Å². The van der Waals surface area contributed by atoms with Crippen LogP contribution in [0.5, 0.6) is 0 Å². The predicted molar refractivity (Wildman–Crippen MR) is 109 cm³/mol. The first-order valence-corrected chi connectivity index (χ1v) is 10.0. The molecule has 0 saturated heterocycles. The summed E-state index contributed by atoms with van der Waals surface area (Å²) in [7, 11) is 1.79. The van der Waals surface area contributed by atoms with Crippen molar-refractivity contribution in [3.05, 3.63) is 34.2 Å². The number of benzene rings is 1. The molecule has 7 heteroatoms. The van der Waals surface area contributed by atoms with Crippen LogP contribution in [0.4, 0.5) is 5.69 Å². The van der Waals surface area contributed by atoms with Gasteiger partial charge in [0.25, 0.3) is 0 Å². The normalized spacial score (nSPS) is 13.3. The van der Waals surface area contributed by atoms with E-state index in [9.17, 15) is 9.59 Å². The van der Waals surface area contributed by atoms with Gasteiger partial charge in [-0.2, -0.15) is 0 Å². The zero-order chi connectivity index (χ0) is 19.6. The molecular formula is C20H26N4O2S. The smallest absolute Gasteiger partial charge is 0.241 e. The van der Waals surface area contributed by atoms with Crippen molar-refractivity contribution in [2.24, 2.45) is 0 Å². The van der Waals surface area contributed by atoms with Gasteiger partial charge in [0.05, 0.1) is 23.8 Å². The van der Waals surface area contributed by atoms with E-state index in [1.54, 1.807) is 23.3 Å². The Morgan fingerprint density at radius 1 is 1.33 bits per heavy atom. The van der Waals surface area contributed by atoms with Crippen LogP contribution in [0.1, 0.15) is 24.4 Å². The third-order valence-corrected chi connectivity index (χ3v) is 5.23. The van der Waals surface area contributed by atoms with E-state index in [4.69, 9.17) is 0 Å². The molecule has 27 heavy (non-hydrogen) atoms. The first-order valence-electron chi connectivity index (χ1n) is 9.17. The second kappa shape index (κ2) is 8.19. The second-order valence-corrected chi connectivity index (χ2v) is 8.35. The lowest BCUT2D eigenvalue weighted by Gasteiger charge is -2.22. The number of nitrogens with zero attached hydrogens (tertiary/aromatic N) is 3. The van der Waals surface area contributed by atoms with E-state index >= 15 is 0 Å². The van der Waals surface area contributed by atoms with Gasteiger partial charge < -0.3 is 10.2 Å². The van der Waals surface area contributed by atoms with Crippen molar-refractivity contribution in [1.29, 1.82) is 0 Å². The fourth-order valence-corrected chi connectivity index (χ4v) is 3.92. The van der Waals surface area contributed by atoms with Gasteiger partial charge in [-0.05, 0) is 51.9 Å². The fourth-order valence-electron chi connectivity index (χ4n) is 3.30. The topological polar surface area (TPSA) is 65.5 Å². The van der Waals surface area contributed by atoms with Gasteiger partial charge in [-0.1, -0.05) is 6.07 Å². The number of aryl methyl sites for hydroxylation is 1. The Morgan fingerprint density at radius 2 is 2.11 bits per heavy atom. The van der Waals surface area contributed by atoms with Gasteiger partial charge >= 0.3 is 0 Å². The number of aromatic nitrogens is 1. The van der Waals surface area contributed by atoms with E-state index in [0.29, 0.717) is 6.54 Å². The highest BCUT2D eigenvalue weighted by Gasteiger charge is 2.26. The molecule has 0 radical (unpaired) electrons. The van der Waals surface area contributed by atoms with Crippen LogP contribution in [0.3, 0.4) is 0 Å². The number of fused-ring (bicyclic) bond motifs is 1. The molecule has 3 rings (SSSR count). The zero-order valence-corrected chi connectivity index (χ0v) is 17.1. The molecule has 1 aromatic heterocycles. The average molecular weight is 387 g/mol. The number of amides is 2. The van der Waals surface area contributed by atoms with Crippen molar-refractivity contribution in [1.82, 2.24) is 15.2 Å². The SMILES string of the molecule is Cc1nc(-c2ccc3c(c2)CCN3C(=O)CN(C)CC(=O)NC(C)C)cs1. The highest BCUT2D eigenvalue weighted by molar-refractivity contribution is 7.09. The van der Waals surface area contributed by atoms with Gasteiger partial charge in [0.2, 0.25) is 11.8 Å². The van der Waals surface area contributed by atoms with E-state index < -0.39 is 0 Å². The summed E-state index contributed by atoms with van der Waals surface area (Å²) in [5.41, 5.74) is 4.22. The Balaban J connectivity index is 1.64. The first kappa shape index (κ1) is 19.5. The summed E-state index contributed by atoms with van der Waals surface area (Å²) in [4.78, 5) is 32.7. The molecule has 1 aromatic carbocycles. The Bertz CT molecular complexity index is 846. The molecule has 0 atom stereocenters. The fraction of sp³-hybridized carbons (Fsp3) is 0.450. The van der Waals surface area contributed by atoms with Crippen LogP contribution in [-0.2, 0) is 16.0 Å². The van der Waals surface area contributed by atoms with Gasteiger partial charge in [-0.3, -0.25) is 14.5 Å². The Labute approximate surface area is 164 Å². The average Bonchev–Trinajstić information content (AvgIpc) is 3.19. The van der Waals surface area contributed by atoms with Crippen LogP contribution in [0.2, 0.25) is 0 Å². The summed E-state index contributed by atoms with van der Waals surface area (Å²) in [5, 5.41) is 5.95. The predicted octanol–water partition coefficient (Wildman–Crippen LogP) is 2.46. The number of likely N-dealkylation sites (N-methyl/N-ethyl adjacent to an activating group) is 1. The largest absolute Gasteiger partial charge is 0.353 e. The van der Waals surface area contributed by atoms with Crippen LogP contribution >= 0.6 is 11.3 Å². The molecule has 1 N–H and O–H groups in total. The van der Waals surface area contributed by atoms with Crippen LogP contribution in [-0.4, -0.2) is 54.4 Å². The summed E-state index contributed by atoms with van der Waals surface area (Å²) < 4.78 is 0. The van der Waals surface area contributed by atoms with Gasteiger partial charge in [-0.25, -0.2) is 4.98 Å². The third-order valence-electron chi connectivity index (χ3n) is 4.46. The van der Waals surface area contributed by atoms with Gasteiger partial charge in [0, 0.05) is 29.2 Å². The molecule has 1 aliphatic heterocycles. The molecule has 2 aromatic rings. The standard InChI is InChI=1S/C20H26N4O2S/c1-13(2)21-19(25)10-23(4)11-20(26)24-8-7-16-9-15(5-6-18(16)24)17-12-27-14(3)22-17/h5-6,9,12-13H,7-8,10-11H2,1-4H3,(H,21,25). The number of carbonyl (C=O) groups is 2. The summed E-state index contributed by atoms with van der Waals surface area (Å²) in [6, 6.07) is 6.27. The number of nitrogens with one attached hydrogen (secondary N) is 1. The first-order chi connectivity index (χ1) is 12.8. The van der Waals surface area contributed by atoms with Gasteiger partial charge in [0.15, 0.2) is 0 Å². The number of thiazole rings is 1. The lowest BCUT2D eigenvalue weighted by molar-refractivity contribution is -0.123. The maximum absolute atomic E-state index is 12.7. The third kappa shape index (κ3) is 4.73. The summed E-state index contributed by atoms with van der Waals surface area (Å²) >= 11 is 1.64. The number of hydrogen-bond acceptors (Lipinski definition) is 5. The van der Waals surface area contributed by atoms with E-state index in [2.05, 4.69) is 21.7 Å². The minimum atomic E-state index is -0.0645. The molecule has 0 saturated carbocycles. The molecule has 0 fully saturated rings. The monoisotopic (exact) mass is 386 g/mol. The highest BCUT2D eigenvalue weighted by atomic mass is 32.1. The van der Waals surface area contributed by atoms with Gasteiger partial charge in [-0.15, -0.1) is 11.3 Å². The van der Waals surface area contributed by atoms with Crippen LogP contribution in [0.15, 0.2) is 23.6 Å². The van der Waals surface area contributed by atoms with Crippen LogP contribution in [0.25, 0.3) is 11.3 Å². The minimum Gasteiger partial charge on any atom is -0.353 e. The molecule has 0 spiro atoms. The highest BCUT2D eigenvalue weighted by Crippen LogP contribution is 2.32. The zero-order valence-electron chi connectivity index (χ0n) is 16.3. The molecular weight excluding hydrogens is 360 g/mol. The summed E-state index contributed by atoms with van der Waals surface area (Å²) in [6.45, 7) is 6.96. The minimum absolute atomic E-state index is 0.0193. The Kier molecular flexibility index (Phi) is 5.92. The van der Waals surface area contributed by atoms with Crippen molar-refractivity contribution in [3.63, 3.8) is 0 Å². The van der Waals surface area contributed by atoms with E-state index in [1.807, 2.05) is 37.8 Å². The summed E-state index contributed by atoms with van der Waals surface area (Å²) in [5.74, 6) is -0.0452. The van der Waals surface area contributed by atoms with E-state index in [0.717, 1.165) is 28.4 Å². The lowest BCUT2D eigenvalue weighted by atomic mass is 10.1. The molecule has 0 bridgehead atoms. The van der Waals surface area contributed by atoms with Crippen molar-refractivity contribution in [2.75, 3.05) is 31.6 Å². The number of carbonyl (C=O) groups excluding carboxylic acids is 2. The van der Waals surface area contributed by atoms with E-state index in [-0.39, 0.29) is 30.9 Å². The van der Waals surface area contributed by atoms with Crippen molar-refractivity contribution >= 4 is 28.8 Å². The lowest BCUT2D eigenvalue weighted by Crippen LogP contribution is -2.43. The van der Waals surface area contributed by atoms with E-state index in [1.165, 1.54) is 5.56 Å². The molecule has 2 heterocycles. The second-order valence-electron chi connectivity index (χ2n) is 7.29. The van der Waals surface area contributed by atoms with Crippen LogP contribution < -0.4 is 10.2 Å². The number of anilines is 1. The Morgan fingerprint density at radius 3 is 2.78 bits per heavy atom. The maximum atomic E-state index is 12.7. The van der Waals surface area contributed by atoms with Crippen molar-refractivity contribution in [2.45, 2.75) is 33.2 Å². The maximum Gasteiger partial charge on any atom is 0.241 e.